The maximum absolute atomic E-state index is 9.11. The molecule has 0 radical (unpaired) electrons. The van der Waals surface area contributed by atoms with Crippen molar-refractivity contribution in [3.63, 3.8) is 0 Å². The van der Waals surface area contributed by atoms with Crippen molar-refractivity contribution in [3.8, 4) is 0 Å². The highest BCUT2D eigenvalue weighted by Gasteiger charge is 2.00. The molecule has 0 spiro atoms. The maximum Gasteiger partial charge on any atom is 0.119 e. The SMILES string of the molecule is OCc1ccccc1Cn1cnnc1. The minimum absolute atomic E-state index is 0.0678. The predicted octanol–water partition coefficient (Wildman–Crippen LogP) is 0.819. The Morgan fingerprint density at radius 3 is 2.36 bits per heavy atom. The van der Waals surface area contributed by atoms with Crippen LogP contribution in [0.2, 0.25) is 0 Å². The average Bonchev–Trinajstić information content (AvgIpc) is 2.71. The largest absolute Gasteiger partial charge is 0.392 e. The Morgan fingerprint density at radius 1 is 1.07 bits per heavy atom. The van der Waals surface area contributed by atoms with Crippen LogP contribution < -0.4 is 0 Å². The number of aliphatic hydroxyl groups excluding tert-OH is 1. The first kappa shape index (κ1) is 8.90. The molecule has 1 N–H and O–H groups in total. The summed E-state index contributed by atoms with van der Waals surface area (Å²) in [5.74, 6) is 0. The third-order valence-electron chi connectivity index (χ3n) is 2.11. The van der Waals surface area contributed by atoms with E-state index >= 15 is 0 Å². The summed E-state index contributed by atoms with van der Waals surface area (Å²) in [5.41, 5.74) is 2.04. The summed E-state index contributed by atoms with van der Waals surface area (Å²) in [4.78, 5) is 0. The van der Waals surface area contributed by atoms with E-state index in [0.29, 0.717) is 6.54 Å². The lowest BCUT2D eigenvalue weighted by Crippen LogP contribution is -2.00. The molecule has 1 heterocycles. The van der Waals surface area contributed by atoms with Crippen LogP contribution in [0.4, 0.5) is 0 Å². The first-order chi connectivity index (χ1) is 6.90. The van der Waals surface area contributed by atoms with Crippen molar-refractivity contribution in [2.75, 3.05) is 0 Å². The Labute approximate surface area is 81.8 Å². The van der Waals surface area contributed by atoms with Crippen LogP contribution in [0.25, 0.3) is 0 Å². The Balaban J connectivity index is 2.24. The predicted molar refractivity (Wildman–Crippen MR) is 51.5 cm³/mol. The molecule has 0 atom stereocenters. The molecule has 4 nitrogen and oxygen atoms in total. The molecule has 0 bridgehead atoms. The molecule has 72 valence electrons. The van der Waals surface area contributed by atoms with Gasteiger partial charge in [0.1, 0.15) is 12.7 Å². The highest BCUT2D eigenvalue weighted by molar-refractivity contribution is 5.26. The zero-order valence-corrected chi connectivity index (χ0v) is 7.67. The molecule has 0 aliphatic carbocycles. The van der Waals surface area contributed by atoms with E-state index in [1.165, 1.54) is 0 Å². The molecule has 1 aromatic heterocycles. The maximum atomic E-state index is 9.11. The topological polar surface area (TPSA) is 50.9 Å². The Kier molecular flexibility index (Phi) is 2.55. The smallest absolute Gasteiger partial charge is 0.119 e. The first-order valence-corrected chi connectivity index (χ1v) is 4.40. The fourth-order valence-electron chi connectivity index (χ4n) is 1.37. The molecule has 4 heteroatoms. The van der Waals surface area contributed by atoms with Crippen molar-refractivity contribution in [1.29, 1.82) is 0 Å². The minimum Gasteiger partial charge on any atom is -0.392 e. The molecule has 14 heavy (non-hydrogen) atoms. The fraction of sp³-hybridized carbons (Fsp3) is 0.200. The lowest BCUT2D eigenvalue weighted by atomic mass is 10.1. The summed E-state index contributed by atoms with van der Waals surface area (Å²) in [6, 6.07) is 7.78. The molecule has 0 saturated heterocycles. The van der Waals surface area contributed by atoms with Crippen LogP contribution in [0.1, 0.15) is 11.1 Å². The number of aromatic nitrogens is 3. The van der Waals surface area contributed by atoms with Gasteiger partial charge in [0.05, 0.1) is 13.2 Å². The molecule has 0 aliphatic rings. The van der Waals surface area contributed by atoms with E-state index in [0.717, 1.165) is 11.1 Å². The normalized spacial score (nSPS) is 10.4. The zero-order valence-electron chi connectivity index (χ0n) is 7.67. The van der Waals surface area contributed by atoms with E-state index in [4.69, 9.17) is 5.11 Å². The van der Waals surface area contributed by atoms with Crippen molar-refractivity contribution in [3.05, 3.63) is 48.0 Å². The van der Waals surface area contributed by atoms with Gasteiger partial charge in [-0.25, -0.2) is 0 Å². The zero-order chi connectivity index (χ0) is 9.80. The van der Waals surface area contributed by atoms with E-state index in [9.17, 15) is 0 Å². The lowest BCUT2D eigenvalue weighted by molar-refractivity contribution is 0.280. The number of rotatable bonds is 3. The van der Waals surface area contributed by atoms with Crippen LogP contribution in [-0.2, 0) is 13.2 Å². The van der Waals surface area contributed by atoms with Crippen molar-refractivity contribution in [2.24, 2.45) is 0 Å². The van der Waals surface area contributed by atoms with Crippen LogP contribution in [0, 0.1) is 0 Å². The van der Waals surface area contributed by atoms with Gasteiger partial charge in [0.2, 0.25) is 0 Å². The van der Waals surface area contributed by atoms with Crippen molar-refractivity contribution < 1.29 is 5.11 Å². The fourth-order valence-corrected chi connectivity index (χ4v) is 1.37. The summed E-state index contributed by atoms with van der Waals surface area (Å²) >= 11 is 0. The van der Waals surface area contributed by atoms with E-state index in [-0.39, 0.29) is 6.61 Å². The van der Waals surface area contributed by atoms with E-state index in [1.807, 2.05) is 28.8 Å². The number of hydrogen-bond acceptors (Lipinski definition) is 3. The summed E-state index contributed by atoms with van der Waals surface area (Å²) in [6.45, 7) is 0.766. The van der Waals surface area contributed by atoms with Gasteiger partial charge in [-0.05, 0) is 11.1 Å². The summed E-state index contributed by atoms with van der Waals surface area (Å²) in [7, 11) is 0. The van der Waals surface area contributed by atoms with Crippen molar-refractivity contribution in [2.45, 2.75) is 13.2 Å². The summed E-state index contributed by atoms with van der Waals surface area (Å²) < 4.78 is 1.87. The summed E-state index contributed by atoms with van der Waals surface area (Å²) in [5, 5.41) is 16.6. The highest BCUT2D eigenvalue weighted by Crippen LogP contribution is 2.09. The Bertz CT molecular complexity index is 398. The third kappa shape index (κ3) is 1.80. The molecular weight excluding hydrogens is 178 g/mol. The molecule has 2 rings (SSSR count). The Hall–Kier alpha value is -1.68. The second-order valence-electron chi connectivity index (χ2n) is 3.06. The van der Waals surface area contributed by atoms with Gasteiger partial charge in [-0.2, -0.15) is 0 Å². The molecule has 0 aliphatic heterocycles. The van der Waals surface area contributed by atoms with Gasteiger partial charge in [0.25, 0.3) is 0 Å². The first-order valence-electron chi connectivity index (χ1n) is 4.40. The van der Waals surface area contributed by atoms with Gasteiger partial charge < -0.3 is 9.67 Å². The standard InChI is InChI=1S/C10H11N3O/c14-6-10-4-2-1-3-9(10)5-13-7-11-12-8-13/h1-4,7-8,14H,5-6H2. The number of aliphatic hydroxyl groups is 1. The van der Waals surface area contributed by atoms with Gasteiger partial charge in [0, 0.05) is 0 Å². The highest BCUT2D eigenvalue weighted by atomic mass is 16.3. The molecule has 0 amide bonds. The van der Waals surface area contributed by atoms with E-state index < -0.39 is 0 Å². The van der Waals surface area contributed by atoms with Crippen molar-refractivity contribution in [1.82, 2.24) is 14.8 Å². The molecule has 2 aromatic rings. The van der Waals surface area contributed by atoms with Crippen molar-refractivity contribution >= 4 is 0 Å². The van der Waals surface area contributed by atoms with Gasteiger partial charge in [-0.15, -0.1) is 10.2 Å². The second-order valence-corrected chi connectivity index (χ2v) is 3.06. The van der Waals surface area contributed by atoms with Crippen LogP contribution in [0.15, 0.2) is 36.9 Å². The summed E-state index contributed by atoms with van der Waals surface area (Å²) in [6.07, 6.45) is 3.32. The van der Waals surface area contributed by atoms with Crippen LogP contribution in [0.5, 0.6) is 0 Å². The van der Waals surface area contributed by atoms with Gasteiger partial charge >= 0.3 is 0 Å². The van der Waals surface area contributed by atoms with E-state index in [1.54, 1.807) is 12.7 Å². The number of nitrogens with zero attached hydrogens (tertiary/aromatic N) is 3. The second kappa shape index (κ2) is 4.02. The third-order valence-corrected chi connectivity index (χ3v) is 2.11. The molecule has 1 aromatic carbocycles. The van der Waals surface area contributed by atoms with Gasteiger partial charge in [0.15, 0.2) is 0 Å². The molecule has 0 fully saturated rings. The van der Waals surface area contributed by atoms with Gasteiger partial charge in [-0.3, -0.25) is 0 Å². The molecule has 0 unspecified atom stereocenters. The van der Waals surface area contributed by atoms with Gasteiger partial charge in [-0.1, -0.05) is 24.3 Å². The monoisotopic (exact) mass is 189 g/mol. The Morgan fingerprint density at radius 2 is 1.71 bits per heavy atom. The average molecular weight is 189 g/mol. The van der Waals surface area contributed by atoms with E-state index in [2.05, 4.69) is 10.2 Å². The van der Waals surface area contributed by atoms with Crippen LogP contribution in [0.3, 0.4) is 0 Å². The quantitative estimate of drug-likeness (QED) is 0.777. The molecule has 0 saturated carbocycles. The lowest BCUT2D eigenvalue weighted by Gasteiger charge is -2.06. The van der Waals surface area contributed by atoms with Crippen LogP contribution in [-0.4, -0.2) is 19.9 Å². The number of benzene rings is 1. The van der Waals surface area contributed by atoms with Crippen LogP contribution >= 0.6 is 0 Å². The molecular formula is C10H11N3O. The number of hydrogen-bond donors (Lipinski definition) is 1. The minimum atomic E-state index is 0.0678.